The molecule has 0 saturated heterocycles. The fourth-order valence-corrected chi connectivity index (χ4v) is 7.45. The van der Waals surface area contributed by atoms with E-state index in [9.17, 15) is 49.5 Å². The minimum absolute atomic E-state index is 0.137. The Labute approximate surface area is 279 Å². The quantitative estimate of drug-likeness (QED) is 0.114. The Balaban J connectivity index is 1.37. The maximum absolute atomic E-state index is 14.1. The van der Waals surface area contributed by atoms with Crippen molar-refractivity contribution in [2.45, 2.75) is 30.6 Å². The number of fused-ring (bicyclic) bond motifs is 3. The summed E-state index contributed by atoms with van der Waals surface area (Å²) in [5.41, 5.74) is 1.45. The van der Waals surface area contributed by atoms with Gasteiger partial charge in [0.1, 0.15) is 17.1 Å². The summed E-state index contributed by atoms with van der Waals surface area (Å²) in [7, 11) is 2.91. The van der Waals surface area contributed by atoms with Crippen molar-refractivity contribution in [1.29, 1.82) is 0 Å². The van der Waals surface area contributed by atoms with E-state index in [-0.39, 0.29) is 28.2 Å². The van der Waals surface area contributed by atoms with E-state index in [1.54, 1.807) is 37.3 Å². The molecule has 0 saturated carbocycles. The Bertz CT molecular complexity index is 2020. The number of likely N-dealkylation sites (N-methyl/N-ethyl adjacent to an activating group) is 1. The number of phenols is 1. The first-order valence-corrected chi connectivity index (χ1v) is 15.3. The van der Waals surface area contributed by atoms with Crippen molar-refractivity contribution < 1.29 is 49.5 Å². The zero-order chi connectivity index (χ0) is 35.7. The molecule has 3 aromatic carbocycles. The van der Waals surface area contributed by atoms with Crippen LogP contribution in [0.4, 0.5) is 5.69 Å². The van der Waals surface area contributed by atoms with Gasteiger partial charge in [-0.05, 0) is 43.8 Å². The zero-order valence-electron chi connectivity index (χ0n) is 26.5. The van der Waals surface area contributed by atoms with Crippen LogP contribution >= 0.6 is 0 Å². The fourth-order valence-electron chi connectivity index (χ4n) is 7.45. The van der Waals surface area contributed by atoms with E-state index in [4.69, 9.17) is 5.73 Å². The molecule has 13 heteroatoms. The van der Waals surface area contributed by atoms with Crippen LogP contribution in [0.25, 0.3) is 0 Å². The van der Waals surface area contributed by atoms with Gasteiger partial charge >= 0.3 is 0 Å². The van der Waals surface area contributed by atoms with Crippen LogP contribution in [0.3, 0.4) is 0 Å². The average molecular weight is 668 g/mol. The van der Waals surface area contributed by atoms with Gasteiger partial charge in [0.2, 0.25) is 5.78 Å². The van der Waals surface area contributed by atoms with Gasteiger partial charge in [0.15, 0.2) is 22.9 Å². The number of carbonyl (C=O) groups excluding carboxylic acids is 5. The monoisotopic (exact) mass is 667 g/mol. The third-order valence-corrected chi connectivity index (χ3v) is 9.82. The Hall–Kier alpha value is -5.63. The molecule has 3 aliphatic carbocycles. The van der Waals surface area contributed by atoms with Crippen LogP contribution < -0.4 is 11.1 Å². The van der Waals surface area contributed by atoms with Gasteiger partial charge in [0, 0.05) is 28.2 Å². The van der Waals surface area contributed by atoms with Crippen LogP contribution in [0.1, 0.15) is 55.0 Å². The maximum Gasteiger partial charge on any atom is 0.255 e. The molecule has 0 aliphatic heterocycles. The summed E-state index contributed by atoms with van der Waals surface area (Å²) in [6.07, 6.45) is -1.73. The minimum atomic E-state index is -3.04. The molecule has 6 rings (SSSR count). The Morgan fingerprint density at radius 3 is 2.06 bits per heavy atom. The molecule has 252 valence electrons. The highest BCUT2D eigenvalue weighted by Crippen LogP contribution is 2.56. The number of ketones is 3. The standard InChI is InChI=1S/C36H33N3O10/c1-15-19-13-14-20(38-35(48)18-11-9-17(10-12-18)27(40)16-7-5-4-6-8-16)28(41)22(19)29(42)23-21(15)30(43)25-26(39(2)3)31(44)24(34(37)47)33(46)36(25,49)32(23)45/h4-15,21,25-26,30,41,43-45,49H,1-3H3,(H2,37,47)(H,38,48)/t15-,21+,25+,26+,30+,36-/m0/s1. The van der Waals surface area contributed by atoms with Gasteiger partial charge in [-0.15, -0.1) is 0 Å². The van der Waals surface area contributed by atoms with Crippen LogP contribution in [0, 0.1) is 11.8 Å². The summed E-state index contributed by atoms with van der Waals surface area (Å²) in [5, 5.41) is 59.9. The van der Waals surface area contributed by atoms with Gasteiger partial charge in [0.25, 0.3) is 11.8 Å². The highest BCUT2D eigenvalue weighted by molar-refractivity contribution is 6.25. The van der Waals surface area contributed by atoms with E-state index in [1.165, 1.54) is 55.4 Å². The van der Waals surface area contributed by atoms with Gasteiger partial charge in [-0.1, -0.05) is 55.5 Å². The van der Waals surface area contributed by atoms with Gasteiger partial charge in [-0.3, -0.25) is 28.9 Å². The Morgan fingerprint density at radius 1 is 0.878 bits per heavy atom. The number of hydrogen-bond donors (Lipinski definition) is 7. The summed E-state index contributed by atoms with van der Waals surface area (Å²) in [5.74, 6) is -11.1. The number of nitrogens with one attached hydrogen (secondary N) is 1. The van der Waals surface area contributed by atoms with Gasteiger partial charge in [-0.25, -0.2) is 0 Å². The summed E-state index contributed by atoms with van der Waals surface area (Å²) in [4.78, 5) is 67.1. The molecular weight excluding hydrogens is 634 g/mol. The lowest BCUT2D eigenvalue weighted by Gasteiger charge is -2.53. The molecule has 0 bridgehead atoms. The highest BCUT2D eigenvalue weighted by Gasteiger charge is 2.67. The molecular formula is C36H33N3O10. The van der Waals surface area contributed by atoms with Crippen LogP contribution in [0.2, 0.25) is 0 Å². The normalized spacial score (nSPS) is 26.2. The third kappa shape index (κ3) is 4.85. The summed E-state index contributed by atoms with van der Waals surface area (Å²) < 4.78 is 0. The van der Waals surface area contributed by atoms with Crippen molar-refractivity contribution >= 4 is 34.9 Å². The molecule has 3 aromatic rings. The minimum Gasteiger partial charge on any atom is -0.510 e. The van der Waals surface area contributed by atoms with Crippen molar-refractivity contribution in [1.82, 2.24) is 4.90 Å². The molecule has 0 spiro atoms. The molecule has 0 fully saturated rings. The van der Waals surface area contributed by atoms with Gasteiger partial charge in [-0.2, -0.15) is 0 Å². The molecule has 0 radical (unpaired) electrons. The number of aliphatic hydroxyl groups excluding tert-OH is 3. The first kappa shape index (κ1) is 33.3. The number of benzene rings is 3. The maximum atomic E-state index is 14.1. The van der Waals surface area contributed by atoms with E-state index in [0.29, 0.717) is 11.1 Å². The molecule has 49 heavy (non-hydrogen) atoms. The van der Waals surface area contributed by atoms with Crippen molar-refractivity contribution in [3.8, 4) is 5.75 Å². The van der Waals surface area contributed by atoms with Crippen molar-refractivity contribution in [3.63, 3.8) is 0 Å². The first-order valence-electron chi connectivity index (χ1n) is 15.3. The lowest BCUT2D eigenvalue weighted by molar-refractivity contribution is -0.162. The summed E-state index contributed by atoms with van der Waals surface area (Å²) >= 11 is 0. The number of amides is 2. The van der Waals surface area contributed by atoms with Crippen molar-refractivity contribution in [2.75, 3.05) is 19.4 Å². The topological polar surface area (TPSA) is 228 Å². The molecule has 2 amide bonds. The molecule has 3 aliphatic rings. The largest absolute Gasteiger partial charge is 0.510 e. The highest BCUT2D eigenvalue weighted by atomic mass is 16.4. The predicted octanol–water partition coefficient (Wildman–Crippen LogP) is 2.14. The predicted molar refractivity (Wildman–Crippen MR) is 174 cm³/mol. The van der Waals surface area contributed by atoms with Gasteiger partial charge in [0.05, 0.1) is 29.3 Å². The zero-order valence-corrected chi connectivity index (χ0v) is 26.5. The van der Waals surface area contributed by atoms with Gasteiger partial charge < -0.3 is 36.6 Å². The fraction of sp³-hybridized carbons (Fsp3) is 0.250. The lowest BCUT2D eigenvalue weighted by atomic mass is 9.55. The number of rotatable bonds is 6. The lowest BCUT2D eigenvalue weighted by Crippen LogP contribution is -2.68. The third-order valence-electron chi connectivity index (χ3n) is 9.82. The molecule has 8 N–H and O–H groups in total. The van der Waals surface area contributed by atoms with Crippen LogP contribution in [0.15, 0.2) is 89.4 Å². The second-order valence-electron chi connectivity index (χ2n) is 12.7. The number of hydrogen-bond acceptors (Lipinski definition) is 11. The van der Waals surface area contributed by atoms with E-state index < -0.39 is 87.3 Å². The second-order valence-corrected chi connectivity index (χ2v) is 12.7. The average Bonchev–Trinajstić information content (AvgIpc) is 3.07. The SMILES string of the molecule is C[C@H]1c2ccc(NC(=O)c3ccc(C(=O)c4ccccc4)cc3)c(O)c2C(=O)C2=C(O)[C@]3(O)C(=O)C(C(N)=O)=C(O)[C@H](N(C)C)[C@@H]3[C@H](O)[C@@H]21. The van der Waals surface area contributed by atoms with Crippen LogP contribution in [-0.4, -0.2) is 91.4 Å². The number of primary amides is 1. The number of nitrogens with zero attached hydrogens (tertiary/aromatic N) is 1. The number of phenolic OH excluding ortho intramolecular Hbond substituents is 1. The van der Waals surface area contributed by atoms with E-state index >= 15 is 0 Å². The smallest absolute Gasteiger partial charge is 0.255 e. The van der Waals surface area contributed by atoms with Crippen molar-refractivity contribution in [3.05, 3.63) is 117 Å². The number of Topliss-reactive ketones (excluding diaryl/α,β-unsaturated/α-hetero) is 2. The van der Waals surface area contributed by atoms with E-state index in [0.717, 1.165) is 0 Å². The van der Waals surface area contributed by atoms with E-state index in [1.807, 2.05) is 0 Å². The number of anilines is 1. The summed E-state index contributed by atoms with van der Waals surface area (Å²) in [6.45, 7) is 1.60. The van der Waals surface area contributed by atoms with Crippen LogP contribution in [-0.2, 0) is 9.59 Å². The Kier molecular flexibility index (Phi) is 8.02. The molecule has 0 unspecified atom stereocenters. The summed E-state index contributed by atoms with van der Waals surface area (Å²) in [6, 6.07) is 15.9. The van der Waals surface area contributed by atoms with Crippen LogP contribution in [0.5, 0.6) is 5.75 Å². The van der Waals surface area contributed by atoms with Crippen molar-refractivity contribution in [2.24, 2.45) is 17.6 Å². The number of aliphatic hydroxyl groups is 4. The second kappa shape index (κ2) is 11.8. The first-order chi connectivity index (χ1) is 23.1. The molecule has 0 aromatic heterocycles. The number of aromatic hydroxyl groups is 1. The van der Waals surface area contributed by atoms with E-state index in [2.05, 4.69) is 5.32 Å². The molecule has 0 heterocycles. The number of carbonyl (C=O) groups is 5. The number of nitrogens with two attached hydrogens (primary N) is 1. The molecule has 6 atom stereocenters. The molecule has 13 nitrogen and oxygen atoms in total. The Morgan fingerprint density at radius 2 is 1.47 bits per heavy atom.